The van der Waals surface area contributed by atoms with Gasteiger partial charge in [0.1, 0.15) is 0 Å². The highest BCUT2D eigenvalue weighted by Gasteiger charge is 2.42. The van der Waals surface area contributed by atoms with Crippen LogP contribution in [-0.4, -0.2) is 50.2 Å². The number of piperidine rings is 1. The largest absolute Gasteiger partial charge is 0.493 e. The minimum absolute atomic E-state index is 0.0841. The van der Waals surface area contributed by atoms with Gasteiger partial charge >= 0.3 is 0 Å². The van der Waals surface area contributed by atoms with Gasteiger partial charge in [0.25, 0.3) is 0 Å². The highest BCUT2D eigenvalue weighted by atomic mass is 16.5. The van der Waals surface area contributed by atoms with Crippen LogP contribution in [0.5, 0.6) is 11.5 Å². The third-order valence-electron chi connectivity index (χ3n) is 12.0. The number of benzene rings is 5. The molecular formula is C47H54N2O3. The summed E-state index contributed by atoms with van der Waals surface area (Å²) in [4.78, 5) is 16.0. The van der Waals surface area contributed by atoms with E-state index in [1.807, 2.05) is 6.07 Å². The molecule has 1 spiro atoms. The molecule has 270 valence electrons. The van der Waals surface area contributed by atoms with Gasteiger partial charge in [-0.3, -0.25) is 9.69 Å². The first kappa shape index (κ1) is 35.8. The molecule has 1 heterocycles. The number of aryl methyl sites for hydroxylation is 1. The number of carbonyl (C=O) groups is 1. The van der Waals surface area contributed by atoms with Gasteiger partial charge in [-0.05, 0) is 122 Å². The van der Waals surface area contributed by atoms with E-state index in [-0.39, 0.29) is 16.9 Å². The summed E-state index contributed by atoms with van der Waals surface area (Å²) in [6.07, 6.45) is 11.6. The van der Waals surface area contributed by atoms with Crippen molar-refractivity contribution in [3.63, 3.8) is 0 Å². The summed E-state index contributed by atoms with van der Waals surface area (Å²) in [5.41, 5.74) is 6.66. The van der Waals surface area contributed by atoms with E-state index in [0.717, 1.165) is 68.7 Å². The molecule has 5 aromatic carbocycles. The van der Waals surface area contributed by atoms with E-state index in [1.165, 1.54) is 58.7 Å². The van der Waals surface area contributed by atoms with Crippen LogP contribution in [-0.2, 0) is 29.5 Å². The fourth-order valence-corrected chi connectivity index (χ4v) is 9.32. The highest BCUT2D eigenvalue weighted by Crippen LogP contribution is 2.45. The Kier molecular flexibility index (Phi) is 11.3. The van der Waals surface area contributed by atoms with E-state index in [0.29, 0.717) is 13.0 Å². The average molecular weight is 695 g/mol. The Morgan fingerprint density at radius 2 is 1.38 bits per heavy atom. The van der Waals surface area contributed by atoms with E-state index in [1.54, 1.807) is 14.2 Å². The van der Waals surface area contributed by atoms with Gasteiger partial charge in [0.05, 0.1) is 20.6 Å². The van der Waals surface area contributed by atoms with E-state index in [2.05, 4.69) is 119 Å². The van der Waals surface area contributed by atoms with E-state index < -0.39 is 0 Å². The van der Waals surface area contributed by atoms with E-state index >= 15 is 0 Å². The van der Waals surface area contributed by atoms with Crippen molar-refractivity contribution in [3.8, 4) is 11.5 Å². The molecule has 2 aliphatic rings. The number of rotatable bonds is 14. The Morgan fingerprint density at radius 1 is 0.731 bits per heavy atom. The first-order valence-electron chi connectivity index (χ1n) is 19.4. The van der Waals surface area contributed by atoms with Crippen LogP contribution in [0.2, 0.25) is 0 Å². The fourth-order valence-electron chi connectivity index (χ4n) is 9.32. The summed E-state index contributed by atoms with van der Waals surface area (Å²) < 4.78 is 11.4. The second-order valence-corrected chi connectivity index (χ2v) is 15.1. The van der Waals surface area contributed by atoms with Crippen LogP contribution in [0, 0.1) is 0 Å². The fraction of sp³-hybridized carbons (Fsp3) is 0.383. The van der Waals surface area contributed by atoms with Crippen molar-refractivity contribution in [1.82, 2.24) is 10.2 Å². The molecule has 1 aliphatic heterocycles. The molecule has 7 rings (SSSR count). The Bertz CT molecular complexity index is 1900. The molecule has 1 unspecified atom stereocenters. The number of amides is 1. The Labute approximate surface area is 310 Å². The maximum atomic E-state index is 13.1. The van der Waals surface area contributed by atoms with Crippen molar-refractivity contribution < 1.29 is 14.3 Å². The summed E-state index contributed by atoms with van der Waals surface area (Å²) in [5.74, 6) is 1.75. The first-order chi connectivity index (χ1) is 25.5. The molecule has 5 aromatic rings. The van der Waals surface area contributed by atoms with Crippen LogP contribution in [0.4, 0.5) is 0 Å². The lowest BCUT2D eigenvalue weighted by Gasteiger charge is -2.50. The number of carbonyl (C=O) groups excluding carboxylic acids is 1. The number of nitrogens with one attached hydrogen (secondary N) is 1. The molecule has 1 saturated heterocycles. The van der Waals surface area contributed by atoms with Crippen molar-refractivity contribution in [3.05, 3.63) is 143 Å². The number of ether oxygens (including phenoxy) is 2. The summed E-state index contributed by atoms with van der Waals surface area (Å²) in [6, 6.07) is 41.3. The number of methoxy groups -OCH3 is 2. The van der Waals surface area contributed by atoms with Crippen molar-refractivity contribution in [2.45, 2.75) is 81.6 Å². The molecule has 1 aliphatic carbocycles. The second-order valence-electron chi connectivity index (χ2n) is 15.1. The third-order valence-corrected chi connectivity index (χ3v) is 12.0. The van der Waals surface area contributed by atoms with Gasteiger partial charge in [-0.25, -0.2) is 0 Å². The smallest absolute Gasteiger partial charge is 0.224 e. The molecule has 0 aromatic heterocycles. The van der Waals surface area contributed by atoms with Crippen molar-refractivity contribution in [2.24, 2.45) is 0 Å². The van der Waals surface area contributed by atoms with Crippen molar-refractivity contribution in [1.29, 1.82) is 0 Å². The monoisotopic (exact) mass is 694 g/mol. The zero-order chi connectivity index (χ0) is 35.8. The molecule has 1 N–H and O–H groups in total. The maximum absolute atomic E-state index is 13.1. The molecule has 0 radical (unpaired) electrons. The zero-order valence-corrected chi connectivity index (χ0v) is 31.0. The molecular weight excluding hydrogens is 641 g/mol. The van der Waals surface area contributed by atoms with Gasteiger partial charge in [0.15, 0.2) is 11.5 Å². The Balaban J connectivity index is 1.06. The molecule has 0 bridgehead atoms. The third kappa shape index (κ3) is 7.76. The predicted molar refractivity (Wildman–Crippen MR) is 213 cm³/mol. The Hall–Kier alpha value is -4.61. The number of likely N-dealkylation sites (tertiary alicyclic amines) is 1. The van der Waals surface area contributed by atoms with Gasteiger partial charge in [-0.15, -0.1) is 0 Å². The lowest BCUT2D eigenvalue weighted by Crippen LogP contribution is -2.55. The summed E-state index contributed by atoms with van der Waals surface area (Å²) in [6.45, 7) is 2.92. The number of hydrogen-bond acceptors (Lipinski definition) is 4. The van der Waals surface area contributed by atoms with Crippen LogP contribution in [0.1, 0.15) is 79.2 Å². The number of fused-ring (bicyclic) bond motifs is 2. The van der Waals surface area contributed by atoms with Crippen LogP contribution in [0.15, 0.2) is 115 Å². The quantitative estimate of drug-likeness (QED) is 0.118. The molecule has 5 nitrogen and oxygen atoms in total. The van der Waals surface area contributed by atoms with E-state index in [4.69, 9.17) is 9.47 Å². The average Bonchev–Trinajstić information content (AvgIpc) is 3.19. The SMILES string of the molecule is COc1cc2c(cc1OC)CC1(CCCCN1CCCC(CCCNC(=O)Cc1ccc3ccccc3c1)(c1ccccc1)c1ccccc1)CC2. The lowest BCUT2D eigenvalue weighted by molar-refractivity contribution is -0.120. The van der Waals surface area contributed by atoms with Gasteiger partial charge in [-0.2, -0.15) is 0 Å². The van der Waals surface area contributed by atoms with Crippen molar-refractivity contribution in [2.75, 3.05) is 33.9 Å². The van der Waals surface area contributed by atoms with E-state index in [9.17, 15) is 4.79 Å². The molecule has 1 amide bonds. The molecule has 0 saturated carbocycles. The highest BCUT2D eigenvalue weighted by molar-refractivity contribution is 5.85. The normalized spacial score (nSPS) is 17.5. The minimum atomic E-state index is -0.141. The molecule has 52 heavy (non-hydrogen) atoms. The summed E-state index contributed by atoms with van der Waals surface area (Å²) in [7, 11) is 3.47. The van der Waals surface area contributed by atoms with Gasteiger partial charge < -0.3 is 14.8 Å². The zero-order valence-electron chi connectivity index (χ0n) is 31.0. The van der Waals surface area contributed by atoms with Crippen LogP contribution in [0.3, 0.4) is 0 Å². The van der Waals surface area contributed by atoms with Gasteiger partial charge in [-0.1, -0.05) is 110 Å². The minimum Gasteiger partial charge on any atom is -0.493 e. The van der Waals surface area contributed by atoms with Gasteiger partial charge in [0, 0.05) is 17.5 Å². The second kappa shape index (κ2) is 16.4. The molecule has 1 fully saturated rings. The summed E-state index contributed by atoms with van der Waals surface area (Å²) in [5, 5.41) is 5.63. The number of hydrogen-bond donors (Lipinski definition) is 1. The molecule has 1 atom stereocenters. The van der Waals surface area contributed by atoms with Crippen LogP contribution >= 0.6 is 0 Å². The Morgan fingerprint density at radius 3 is 2.10 bits per heavy atom. The van der Waals surface area contributed by atoms with Gasteiger partial charge in [0.2, 0.25) is 5.91 Å². The number of nitrogens with zero attached hydrogens (tertiary/aromatic N) is 1. The lowest BCUT2D eigenvalue weighted by atomic mass is 9.68. The maximum Gasteiger partial charge on any atom is 0.224 e. The first-order valence-corrected chi connectivity index (χ1v) is 19.4. The van der Waals surface area contributed by atoms with Crippen LogP contribution < -0.4 is 14.8 Å². The topological polar surface area (TPSA) is 50.8 Å². The van der Waals surface area contributed by atoms with Crippen LogP contribution in [0.25, 0.3) is 10.8 Å². The van der Waals surface area contributed by atoms with Crippen molar-refractivity contribution >= 4 is 16.7 Å². The predicted octanol–water partition coefficient (Wildman–Crippen LogP) is 9.48. The summed E-state index contributed by atoms with van der Waals surface area (Å²) >= 11 is 0. The molecule has 5 heteroatoms. The standard InChI is InChI=1S/C47H54N2O3/c1-51-43-33-39-23-27-46(35-40(39)34-44(43)52-2)24-11-12-29-49(46)30-14-26-47(41-17-5-3-6-18-41,42-19-7-4-8-20-42)25-13-28-48-45(50)32-36-21-22-37-15-9-10-16-38(37)31-36/h3-10,15-22,31,33-34H,11-14,23-30,32,35H2,1-2H3,(H,48,50).